The van der Waals surface area contributed by atoms with Crippen LogP contribution in [-0.4, -0.2) is 83.5 Å². The molecule has 62 heavy (non-hydrogen) atoms. The van der Waals surface area contributed by atoms with Crippen molar-refractivity contribution in [2.45, 2.75) is 91.1 Å². The minimum Gasteiger partial charge on any atom is -0.464 e. The predicted molar refractivity (Wildman–Crippen MR) is 230 cm³/mol. The van der Waals surface area contributed by atoms with Crippen LogP contribution in [-0.2, 0) is 51.1 Å². The molecule has 0 bridgehead atoms. The number of hydrogen-bond donors (Lipinski definition) is 0. The number of carbonyl (C=O) groups is 6. The van der Waals surface area contributed by atoms with Crippen molar-refractivity contribution in [3.8, 4) is 0 Å². The van der Waals surface area contributed by atoms with Crippen molar-refractivity contribution in [3.63, 3.8) is 0 Å². The summed E-state index contributed by atoms with van der Waals surface area (Å²) >= 11 is 0. The lowest BCUT2D eigenvalue weighted by Crippen LogP contribution is -2.42. The van der Waals surface area contributed by atoms with E-state index in [9.17, 15) is 37.5 Å². The molecule has 2 saturated heterocycles. The van der Waals surface area contributed by atoms with Gasteiger partial charge in [0.1, 0.15) is 35.3 Å². The Morgan fingerprint density at radius 2 is 0.887 bits per heavy atom. The number of nitrogens with zero attached hydrogens (tertiary/aromatic N) is 2. The summed E-state index contributed by atoms with van der Waals surface area (Å²) in [6.07, 6.45) is 0.414. The lowest BCUT2D eigenvalue weighted by molar-refractivity contribution is -0.153. The molecular weight excluding hydrogens is 795 g/mol. The Hall–Kier alpha value is -6.04. The van der Waals surface area contributed by atoms with E-state index in [1.807, 2.05) is 62.4 Å². The van der Waals surface area contributed by atoms with E-state index in [2.05, 4.69) is 0 Å². The molecule has 2 aliphatic heterocycles. The highest BCUT2D eigenvalue weighted by atomic mass is 19.1. The van der Waals surface area contributed by atoms with Gasteiger partial charge in [0, 0.05) is 50.6 Å². The molecule has 2 fully saturated rings. The highest BCUT2D eigenvalue weighted by Gasteiger charge is 2.46. The Morgan fingerprint density at radius 1 is 0.565 bits per heavy atom. The normalized spacial score (nSPS) is 19.4. The lowest BCUT2D eigenvalue weighted by atomic mass is 9.84. The van der Waals surface area contributed by atoms with Crippen molar-refractivity contribution in [3.05, 3.63) is 142 Å². The summed E-state index contributed by atoms with van der Waals surface area (Å²) in [6.45, 7) is 11.9. The summed E-state index contributed by atoms with van der Waals surface area (Å²) in [4.78, 5) is 79.6. The van der Waals surface area contributed by atoms with Crippen molar-refractivity contribution < 1.29 is 47.0 Å². The fraction of sp³-hybridized carbons (Fsp3) is 0.400. The van der Waals surface area contributed by atoms with Crippen molar-refractivity contribution in [2.75, 3.05) is 26.3 Å². The fourth-order valence-electron chi connectivity index (χ4n) is 8.16. The van der Waals surface area contributed by atoms with E-state index in [-0.39, 0.29) is 85.7 Å². The molecule has 0 saturated carbocycles. The Morgan fingerprint density at radius 3 is 1.19 bits per heavy atom. The van der Waals surface area contributed by atoms with Crippen LogP contribution in [0.15, 0.2) is 97.1 Å². The van der Waals surface area contributed by atoms with Crippen molar-refractivity contribution in [1.29, 1.82) is 0 Å². The first-order chi connectivity index (χ1) is 29.6. The molecule has 2 aliphatic rings. The van der Waals surface area contributed by atoms with Gasteiger partial charge < -0.3 is 19.3 Å². The number of Topliss-reactive ketones (excluding diaryl/α,β-unsaturated/α-hetero) is 2. The van der Waals surface area contributed by atoms with E-state index in [0.717, 1.165) is 22.3 Å². The summed E-state index contributed by atoms with van der Waals surface area (Å²) in [5.41, 5.74) is 5.57. The average Bonchev–Trinajstić information content (AvgIpc) is 3.74. The third kappa shape index (κ3) is 12.1. The average molecular weight is 851 g/mol. The van der Waals surface area contributed by atoms with Gasteiger partial charge in [0.15, 0.2) is 0 Å². The van der Waals surface area contributed by atoms with Crippen LogP contribution in [0.25, 0.3) is 0 Å². The van der Waals surface area contributed by atoms with Crippen LogP contribution in [0.3, 0.4) is 0 Å². The van der Waals surface area contributed by atoms with E-state index in [1.54, 1.807) is 52.0 Å². The molecule has 4 aromatic carbocycles. The molecular formula is C50H56F2N2O8. The smallest absolute Gasteiger partial charge is 0.328 e. The SMILES string of the molecule is CCOC(=O)C(C)N1C[C@@H](c2ccc(C)cc2)[C@H](CC(=O)Cc2ccc(F)cc2)C1=O.CCOC(=O)C(C)N1C[C@@H](c2ccc(C)cc2)[C@H](CC(=O)Cc2ccc(F)cc2)C1=O. The molecule has 2 heterocycles. The molecule has 0 aliphatic carbocycles. The molecule has 2 amide bonds. The van der Waals surface area contributed by atoms with Gasteiger partial charge in [0.05, 0.1) is 25.0 Å². The topological polar surface area (TPSA) is 127 Å². The van der Waals surface area contributed by atoms with E-state index in [4.69, 9.17) is 9.47 Å². The van der Waals surface area contributed by atoms with Gasteiger partial charge in [-0.05, 0) is 88.1 Å². The number of esters is 2. The third-order valence-electron chi connectivity index (χ3n) is 11.7. The van der Waals surface area contributed by atoms with Crippen molar-refractivity contribution >= 4 is 35.3 Å². The summed E-state index contributed by atoms with van der Waals surface area (Å²) in [6, 6.07) is 26.0. The molecule has 328 valence electrons. The number of carbonyl (C=O) groups excluding carboxylic acids is 6. The van der Waals surface area contributed by atoms with Gasteiger partial charge in [-0.25, -0.2) is 18.4 Å². The van der Waals surface area contributed by atoms with Crippen LogP contribution >= 0.6 is 0 Å². The van der Waals surface area contributed by atoms with Gasteiger partial charge >= 0.3 is 11.9 Å². The van der Waals surface area contributed by atoms with Gasteiger partial charge in [0.2, 0.25) is 11.8 Å². The quantitative estimate of drug-likeness (QED) is 0.105. The molecule has 2 unspecified atom stereocenters. The van der Waals surface area contributed by atoms with Gasteiger partial charge in [-0.2, -0.15) is 0 Å². The summed E-state index contributed by atoms with van der Waals surface area (Å²) in [5, 5.41) is 0. The summed E-state index contributed by atoms with van der Waals surface area (Å²) < 4.78 is 36.5. The van der Waals surface area contributed by atoms with E-state index < -0.39 is 35.9 Å². The second-order valence-electron chi connectivity index (χ2n) is 16.2. The number of amides is 2. The van der Waals surface area contributed by atoms with Crippen molar-refractivity contribution in [2.24, 2.45) is 11.8 Å². The maximum absolute atomic E-state index is 13.3. The predicted octanol–water partition coefficient (Wildman–Crippen LogP) is 7.66. The van der Waals surface area contributed by atoms with Crippen LogP contribution in [0, 0.1) is 37.3 Å². The minimum atomic E-state index is -0.711. The second kappa shape index (κ2) is 21.7. The zero-order valence-electron chi connectivity index (χ0n) is 36.3. The van der Waals surface area contributed by atoms with Gasteiger partial charge in [-0.3, -0.25) is 19.2 Å². The van der Waals surface area contributed by atoms with Gasteiger partial charge in [-0.15, -0.1) is 0 Å². The van der Waals surface area contributed by atoms with E-state index in [1.165, 1.54) is 34.1 Å². The molecule has 6 atom stereocenters. The molecule has 0 radical (unpaired) electrons. The highest BCUT2D eigenvalue weighted by molar-refractivity contribution is 5.93. The maximum atomic E-state index is 13.3. The molecule has 0 spiro atoms. The number of benzene rings is 4. The summed E-state index contributed by atoms with van der Waals surface area (Å²) in [7, 11) is 0. The first kappa shape index (κ1) is 47.0. The Bertz CT molecular complexity index is 2030. The zero-order valence-corrected chi connectivity index (χ0v) is 36.3. The molecule has 4 aromatic rings. The van der Waals surface area contributed by atoms with E-state index in [0.29, 0.717) is 24.2 Å². The fourth-order valence-corrected chi connectivity index (χ4v) is 8.16. The monoisotopic (exact) mass is 850 g/mol. The lowest BCUT2D eigenvalue weighted by Gasteiger charge is -2.23. The van der Waals surface area contributed by atoms with Crippen LogP contribution in [0.1, 0.15) is 85.8 Å². The Balaban J connectivity index is 0.000000234. The van der Waals surface area contributed by atoms with Crippen LogP contribution < -0.4 is 0 Å². The highest BCUT2D eigenvalue weighted by Crippen LogP contribution is 2.39. The number of halogens is 2. The summed E-state index contributed by atoms with van der Waals surface area (Å²) in [5.74, 6) is -3.69. The Labute approximate surface area is 362 Å². The van der Waals surface area contributed by atoms with Gasteiger partial charge in [-0.1, -0.05) is 83.9 Å². The van der Waals surface area contributed by atoms with Crippen LogP contribution in [0.4, 0.5) is 8.78 Å². The first-order valence-electron chi connectivity index (χ1n) is 21.2. The molecule has 10 nitrogen and oxygen atoms in total. The molecule has 6 rings (SSSR count). The number of rotatable bonds is 16. The molecule has 0 aromatic heterocycles. The second-order valence-corrected chi connectivity index (χ2v) is 16.2. The number of aryl methyl sites for hydroxylation is 2. The van der Waals surface area contributed by atoms with Crippen LogP contribution in [0.2, 0.25) is 0 Å². The van der Waals surface area contributed by atoms with Gasteiger partial charge in [0.25, 0.3) is 0 Å². The molecule has 12 heteroatoms. The standard InChI is InChI=1S/2C25H28FNO4/c2*1-4-31-25(30)17(3)27-15-23(19-9-5-16(2)6-10-19)22(24(27)29)14-21(28)13-18-7-11-20(26)12-8-18/h2*5-12,17,22-23H,4,13-15H2,1-3H3/t2*17?,22-,23-/m00/s1. The number of ketones is 2. The number of ether oxygens (including phenoxy) is 2. The maximum Gasteiger partial charge on any atom is 0.328 e. The Kier molecular flexibility index (Phi) is 16.4. The third-order valence-corrected chi connectivity index (χ3v) is 11.7. The minimum absolute atomic E-state index is 0.0702. The molecule has 0 N–H and O–H groups in total. The number of hydrogen-bond acceptors (Lipinski definition) is 8. The first-order valence-corrected chi connectivity index (χ1v) is 21.2. The largest absolute Gasteiger partial charge is 0.464 e. The van der Waals surface area contributed by atoms with Crippen molar-refractivity contribution in [1.82, 2.24) is 9.80 Å². The van der Waals surface area contributed by atoms with E-state index >= 15 is 0 Å². The number of likely N-dealkylation sites (tertiary alicyclic amines) is 2. The van der Waals surface area contributed by atoms with Crippen LogP contribution in [0.5, 0.6) is 0 Å². The zero-order chi connectivity index (χ0) is 45.1.